The van der Waals surface area contributed by atoms with Gasteiger partial charge in [-0.25, -0.2) is 0 Å². The number of carboxylic acid groups (broad SMARTS) is 2. The maximum atomic E-state index is 10.9. The molecule has 0 aromatic rings. The first-order valence-corrected chi connectivity index (χ1v) is 6.52. The third-order valence-corrected chi connectivity index (χ3v) is 2.81. The highest BCUT2D eigenvalue weighted by Gasteiger charge is 2.16. The van der Waals surface area contributed by atoms with Gasteiger partial charge in [-0.3, -0.25) is 9.59 Å². The lowest BCUT2D eigenvalue weighted by atomic mass is 9.96. The standard InChI is InChI=1S/C11H17IO4/c12-8-3-1-2-5-9(11(15)16)6-4-7-10(13)14/h3,8-9H,1-2,4-7H2,(H,13,14)(H,15,16). The maximum Gasteiger partial charge on any atom is 0.306 e. The van der Waals surface area contributed by atoms with Gasteiger partial charge in [0.1, 0.15) is 0 Å². The Morgan fingerprint density at radius 2 is 1.81 bits per heavy atom. The van der Waals surface area contributed by atoms with Gasteiger partial charge in [0.25, 0.3) is 0 Å². The van der Waals surface area contributed by atoms with E-state index in [-0.39, 0.29) is 6.42 Å². The van der Waals surface area contributed by atoms with Crippen molar-refractivity contribution >= 4 is 34.5 Å². The van der Waals surface area contributed by atoms with Crippen molar-refractivity contribution in [2.24, 2.45) is 5.92 Å². The number of carboxylic acids is 2. The van der Waals surface area contributed by atoms with Gasteiger partial charge >= 0.3 is 11.9 Å². The van der Waals surface area contributed by atoms with Gasteiger partial charge in [-0.05, 0) is 36.2 Å². The lowest BCUT2D eigenvalue weighted by molar-refractivity contribution is -0.143. The van der Waals surface area contributed by atoms with Crippen LogP contribution in [0.25, 0.3) is 0 Å². The molecule has 0 aromatic heterocycles. The fourth-order valence-electron chi connectivity index (χ4n) is 1.44. The molecule has 2 N–H and O–H groups in total. The number of rotatable bonds is 9. The van der Waals surface area contributed by atoms with Crippen molar-refractivity contribution in [3.05, 3.63) is 10.2 Å². The molecule has 1 atom stereocenters. The third kappa shape index (κ3) is 8.70. The van der Waals surface area contributed by atoms with Crippen LogP contribution in [-0.4, -0.2) is 22.2 Å². The van der Waals surface area contributed by atoms with E-state index in [1.54, 1.807) is 0 Å². The molecule has 92 valence electrons. The molecule has 0 aliphatic rings. The Labute approximate surface area is 109 Å². The molecule has 0 fully saturated rings. The predicted molar refractivity (Wildman–Crippen MR) is 69.6 cm³/mol. The van der Waals surface area contributed by atoms with Crippen LogP contribution in [0, 0.1) is 5.92 Å². The Morgan fingerprint density at radius 1 is 1.19 bits per heavy atom. The summed E-state index contributed by atoms with van der Waals surface area (Å²) >= 11 is 2.13. The minimum Gasteiger partial charge on any atom is -0.481 e. The number of carbonyl (C=O) groups is 2. The molecular formula is C11H17IO4. The quantitative estimate of drug-likeness (QED) is 0.500. The monoisotopic (exact) mass is 340 g/mol. The third-order valence-electron chi connectivity index (χ3n) is 2.30. The van der Waals surface area contributed by atoms with Crippen molar-refractivity contribution in [2.45, 2.75) is 38.5 Å². The van der Waals surface area contributed by atoms with Gasteiger partial charge in [-0.2, -0.15) is 0 Å². The summed E-state index contributed by atoms with van der Waals surface area (Å²) in [4.78, 5) is 21.2. The summed E-state index contributed by atoms with van der Waals surface area (Å²) in [6.07, 6.45) is 5.28. The molecule has 0 bridgehead atoms. The molecule has 0 saturated carbocycles. The van der Waals surface area contributed by atoms with Crippen molar-refractivity contribution in [1.29, 1.82) is 0 Å². The molecule has 0 heterocycles. The number of unbranched alkanes of at least 4 members (excludes halogenated alkanes) is 1. The van der Waals surface area contributed by atoms with Gasteiger partial charge < -0.3 is 10.2 Å². The number of halogens is 1. The van der Waals surface area contributed by atoms with Crippen molar-refractivity contribution in [3.8, 4) is 0 Å². The van der Waals surface area contributed by atoms with Crippen molar-refractivity contribution in [3.63, 3.8) is 0 Å². The van der Waals surface area contributed by atoms with Crippen LogP contribution in [0.1, 0.15) is 38.5 Å². The molecule has 0 saturated heterocycles. The van der Waals surface area contributed by atoms with Crippen LogP contribution >= 0.6 is 22.6 Å². The minimum absolute atomic E-state index is 0.0530. The Bertz CT molecular complexity index is 250. The molecule has 0 aromatic carbocycles. The molecule has 0 aliphatic carbocycles. The topological polar surface area (TPSA) is 74.6 Å². The van der Waals surface area contributed by atoms with E-state index in [1.807, 2.05) is 10.2 Å². The number of allylic oxidation sites excluding steroid dienone is 1. The zero-order chi connectivity index (χ0) is 12.4. The molecular weight excluding hydrogens is 323 g/mol. The lowest BCUT2D eigenvalue weighted by Gasteiger charge is -2.10. The van der Waals surface area contributed by atoms with E-state index in [2.05, 4.69) is 22.6 Å². The second-order valence-corrected chi connectivity index (χ2v) is 4.33. The molecule has 5 heteroatoms. The summed E-state index contributed by atoms with van der Waals surface area (Å²) < 4.78 is 1.91. The highest BCUT2D eigenvalue weighted by Crippen LogP contribution is 2.16. The average molecular weight is 340 g/mol. The first kappa shape index (κ1) is 15.4. The second kappa shape index (κ2) is 9.62. The summed E-state index contributed by atoms with van der Waals surface area (Å²) in [5.74, 6) is -2.08. The zero-order valence-electron chi connectivity index (χ0n) is 9.06. The Balaban J connectivity index is 3.79. The van der Waals surface area contributed by atoms with E-state index in [9.17, 15) is 9.59 Å². The van der Waals surface area contributed by atoms with Crippen LogP contribution in [0.15, 0.2) is 10.2 Å². The fourth-order valence-corrected chi connectivity index (χ4v) is 1.80. The number of hydrogen-bond acceptors (Lipinski definition) is 2. The molecule has 0 aliphatic heterocycles. The normalized spacial score (nSPS) is 12.8. The Hall–Kier alpha value is -0.590. The number of hydrogen-bond donors (Lipinski definition) is 2. The van der Waals surface area contributed by atoms with Crippen molar-refractivity contribution < 1.29 is 19.8 Å². The second-order valence-electron chi connectivity index (χ2n) is 3.61. The van der Waals surface area contributed by atoms with Crippen LogP contribution in [0.4, 0.5) is 0 Å². The predicted octanol–water partition coefficient (Wildman–Crippen LogP) is 3.06. The number of aliphatic carboxylic acids is 2. The fraction of sp³-hybridized carbons (Fsp3) is 0.636. The summed E-state index contributed by atoms with van der Waals surface area (Å²) in [6.45, 7) is 0. The molecule has 1 unspecified atom stereocenters. The summed E-state index contributed by atoms with van der Waals surface area (Å²) in [5, 5.41) is 17.4. The van der Waals surface area contributed by atoms with E-state index in [0.29, 0.717) is 19.3 Å². The first-order chi connectivity index (χ1) is 7.57. The van der Waals surface area contributed by atoms with E-state index in [1.165, 1.54) is 0 Å². The smallest absolute Gasteiger partial charge is 0.306 e. The van der Waals surface area contributed by atoms with Gasteiger partial charge in [0, 0.05) is 6.42 Å². The van der Waals surface area contributed by atoms with E-state index >= 15 is 0 Å². The summed E-state index contributed by atoms with van der Waals surface area (Å²) in [5.41, 5.74) is 0. The molecule has 16 heavy (non-hydrogen) atoms. The maximum absolute atomic E-state index is 10.9. The Morgan fingerprint density at radius 3 is 2.31 bits per heavy atom. The minimum atomic E-state index is -0.864. The van der Waals surface area contributed by atoms with Crippen molar-refractivity contribution in [1.82, 2.24) is 0 Å². The van der Waals surface area contributed by atoms with Crippen LogP contribution in [0.3, 0.4) is 0 Å². The average Bonchev–Trinajstić information content (AvgIpc) is 2.20. The van der Waals surface area contributed by atoms with Gasteiger partial charge in [0.05, 0.1) is 5.92 Å². The molecule has 0 spiro atoms. The SMILES string of the molecule is O=C(O)CCCC(CCCC=CI)C(=O)O. The molecule has 4 nitrogen and oxygen atoms in total. The van der Waals surface area contributed by atoms with Crippen LogP contribution in [0.2, 0.25) is 0 Å². The van der Waals surface area contributed by atoms with Crippen molar-refractivity contribution in [2.75, 3.05) is 0 Å². The van der Waals surface area contributed by atoms with Gasteiger partial charge in [-0.1, -0.05) is 28.7 Å². The summed E-state index contributed by atoms with van der Waals surface area (Å²) in [6, 6.07) is 0. The van der Waals surface area contributed by atoms with Gasteiger partial charge in [-0.15, -0.1) is 0 Å². The lowest BCUT2D eigenvalue weighted by Crippen LogP contribution is -2.14. The van der Waals surface area contributed by atoms with Gasteiger partial charge in [0.2, 0.25) is 0 Å². The van der Waals surface area contributed by atoms with Gasteiger partial charge in [0.15, 0.2) is 0 Å². The van der Waals surface area contributed by atoms with E-state index in [4.69, 9.17) is 10.2 Å². The van der Waals surface area contributed by atoms with E-state index in [0.717, 1.165) is 12.8 Å². The largest absolute Gasteiger partial charge is 0.481 e. The van der Waals surface area contributed by atoms with Crippen LogP contribution < -0.4 is 0 Å². The summed E-state index contributed by atoms with van der Waals surface area (Å²) in [7, 11) is 0. The van der Waals surface area contributed by atoms with Crippen LogP contribution in [0.5, 0.6) is 0 Å². The highest BCUT2D eigenvalue weighted by atomic mass is 127. The molecule has 0 rings (SSSR count). The van der Waals surface area contributed by atoms with E-state index < -0.39 is 17.9 Å². The molecule has 0 radical (unpaired) electrons. The van der Waals surface area contributed by atoms with Crippen LogP contribution in [-0.2, 0) is 9.59 Å². The first-order valence-electron chi connectivity index (χ1n) is 5.27. The Kier molecular flexibility index (Phi) is 9.27. The highest BCUT2D eigenvalue weighted by molar-refractivity contribution is 14.1. The molecule has 0 amide bonds. The zero-order valence-corrected chi connectivity index (χ0v) is 11.2.